The van der Waals surface area contributed by atoms with Crippen molar-refractivity contribution < 1.29 is 5.11 Å². The predicted molar refractivity (Wildman–Crippen MR) is 70.1 cm³/mol. The van der Waals surface area contributed by atoms with Crippen LogP contribution < -0.4 is 10.6 Å². The van der Waals surface area contributed by atoms with Crippen molar-refractivity contribution in [3.63, 3.8) is 0 Å². The molecule has 0 spiro atoms. The third kappa shape index (κ3) is 2.91. The van der Waals surface area contributed by atoms with Crippen molar-refractivity contribution in [2.75, 3.05) is 7.05 Å². The third-order valence-electron chi connectivity index (χ3n) is 3.63. The Morgan fingerprint density at radius 2 is 2.18 bits per heavy atom. The molecule has 0 amide bonds. The normalized spacial score (nSPS) is 25.3. The third-order valence-corrected chi connectivity index (χ3v) is 3.63. The summed E-state index contributed by atoms with van der Waals surface area (Å²) in [6, 6.07) is 0. The second-order valence-corrected chi connectivity index (χ2v) is 4.82. The molecule has 0 aromatic carbocycles. The zero-order valence-electron chi connectivity index (χ0n) is 10.4. The molecule has 1 saturated carbocycles. The van der Waals surface area contributed by atoms with Gasteiger partial charge < -0.3 is 15.7 Å². The van der Waals surface area contributed by atoms with Crippen LogP contribution in [0.3, 0.4) is 0 Å². The number of allylic oxidation sites excluding steroid dienone is 2. The number of aliphatic hydroxyl groups excluding tert-OH is 1. The van der Waals surface area contributed by atoms with Crippen LogP contribution in [0.5, 0.6) is 0 Å². The van der Waals surface area contributed by atoms with Crippen molar-refractivity contribution in [1.82, 2.24) is 10.6 Å². The number of aliphatic hydroxyl groups is 1. The first kappa shape index (κ1) is 12.2. The van der Waals surface area contributed by atoms with Crippen LogP contribution in [0.2, 0.25) is 0 Å². The molecular weight excluding hydrogens is 212 g/mol. The zero-order chi connectivity index (χ0) is 12.1. The lowest BCUT2D eigenvalue weighted by molar-refractivity contribution is 0.116. The second-order valence-electron chi connectivity index (χ2n) is 4.82. The minimum Gasteiger partial charge on any atom is -0.392 e. The van der Waals surface area contributed by atoms with Gasteiger partial charge in [0.15, 0.2) is 0 Å². The number of hydrogen-bond acceptors (Lipinski definition) is 3. The minimum atomic E-state index is -0.340. The standard InChI is InChI=1S/C14H22N2O/c1-15-10-13-12(8-5-9-16-13)14(17)11-6-3-2-4-7-11/h5,8-11,14-17H,2-4,6-7H2,1H3/b13-10-. The summed E-state index contributed by atoms with van der Waals surface area (Å²) in [6.45, 7) is 0. The van der Waals surface area contributed by atoms with E-state index in [9.17, 15) is 5.11 Å². The summed E-state index contributed by atoms with van der Waals surface area (Å²) in [5.74, 6) is 0.420. The molecule has 0 radical (unpaired) electrons. The maximum atomic E-state index is 10.5. The highest BCUT2D eigenvalue weighted by atomic mass is 16.3. The average Bonchev–Trinajstić information content (AvgIpc) is 2.40. The average molecular weight is 234 g/mol. The summed E-state index contributed by atoms with van der Waals surface area (Å²) in [6.07, 6.45) is 13.5. The smallest absolute Gasteiger partial charge is 0.0838 e. The second kappa shape index (κ2) is 5.92. The minimum absolute atomic E-state index is 0.340. The monoisotopic (exact) mass is 234 g/mol. The van der Waals surface area contributed by atoms with E-state index in [1.165, 1.54) is 19.3 Å². The summed E-state index contributed by atoms with van der Waals surface area (Å²) in [5.41, 5.74) is 1.99. The van der Waals surface area contributed by atoms with Crippen LogP contribution in [-0.2, 0) is 0 Å². The highest BCUT2D eigenvalue weighted by Gasteiger charge is 2.26. The molecule has 0 bridgehead atoms. The first-order valence-electron chi connectivity index (χ1n) is 6.52. The highest BCUT2D eigenvalue weighted by Crippen LogP contribution is 2.31. The first-order chi connectivity index (χ1) is 8.33. The van der Waals surface area contributed by atoms with Gasteiger partial charge in [-0.3, -0.25) is 0 Å². The van der Waals surface area contributed by atoms with Crippen molar-refractivity contribution >= 4 is 0 Å². The maximum Gasteiger partial charge on any atom is 0.0838 e. The van der Waals surface area contributed by atoms with Gasteiger partial charge in [-0.15, -0.1) is 0 Å². The van der Waals surface area contributed by atoms with Crippen LogP contribution in [0.1, 0.15) is 32.1 Å². The molecule has 3 N–H and O–H groups in total. The van der Waals surface area contributed by atoms with Gasteiger partial charge in [0.05, 0.1) is 11.8 Å². The van der Waals surface area contributed by atoms with E-state index in [4.69, 9.17) is 0 Å². The summed E-state index contributed by atoms with van der Waals surface area (Å²) >= 11 is 0. The van der Waals surface area contributed by atoms with E-state index in [0.29, 0.717) is 5.92 Å². The van der Waals surface area contributed by atoms with Crippen molar-refractivity contribution in [2.45, 2.75) is 38.2 Å². The lowest BCUT2D eigenvalue weighted by Gasteiger charge is -2.30. The Kier molecular flexibility index (Phi) is 4.26. The largest absolute Gasteiger partial charge is 0.392 e. The SMILES string of the molecule is CN/C=C1\NC=CC=C1C(O)C1CCCCC1. The Hall–Kier alpha value is -1.22. The quantitative estimate of drug-likeness (QED) is 0.700. The fourth-order valence-electron chi connectivity index (χ4n) is 2.69. The predicted octanol–water partition coefficient (Wildman–Crippen LogP) is 2.03. The summed E-state index contributed by atoms with van der Waals surface area (Å²) in [7, 11) is 1.87. The molecule has 1 aliphatic carbocycles. The van der Waals surface area contributed by atoms with E-state index in [-0.39, 0.29) is 6.10 Å². The van der Waals surface area contributed by atoms with Gasteiger partial charge in [0, 0.05) is 25.0 Å². The Balaban J connectivity index is 2.10. The Bertz CT molecular complexity index is 338. The van der Waals surface area contributed by atoms with Gasteiger partial charge in [0.2, 0.25) is 0 Å². The summed E-state index contributed by atoms with van der Waals surface area (Å²) in [5, 5.41) is 16.7. The summed E-state index contributed by atoms with van der Waals surface area (Å²) in [4.78, 5) is 0. The van der Waals surface area contributed by atoms with Gasteiger partial charge >= 0.3 is 0 Å². The number of nitrogens with one attached hydrogen (secondary N) is 2. The van der Waals surface area contributed by atoms with Gasteiger partial charge in [0.25, 0.3) is 0 Å². The van der Waals surface area contributed by atoms with Gasteiger partial charge in [0.1, 0.15) is 0 Å². The topological polar surface area (TPSA) is 44.3 Å². The van der Waals surface area contributed by atoms with E-state index < -0.39 is 0 Å². The molecule has 1 atom stereocenters. The van der Waals surface area contributed by atoms with Gasteiger partial charge in [-0.2, -0.15) is 0 Å². The van der Waals surface area contributed by atoms with Crippen LogP contribution >= 0.6 is 0 Å². The van der Waals surface area contributed by atoms with Gasteiger partial charge in [-0.25, -0.2) is 0 Å². The molecular formula is C14H22N2O. The van der Waals surface area contributed by atoms with Crippen LogP contribution in [0, 0.1) is 5.92 Å². The van der Waals surface area contributed by atoms with E-state index in [2.05, 4.69) is 10.6 Å². The first-order valence-corrected chi connectivity index (χ1v) is 6.52. The Morgan fingerprint density at radius 1 is 1.41 bits per heavy atom. The molecule has 94 valence electrons. The lowest BCUT2D eigenvalue weighted by Crippen LogP contribution is -2.29. The number of dihydropyridines is 1. The molecule has 2 aliphatic rings. The van der Waals surface area contributed by atoms with Crippen LogP contribution in [0.4, 0.5) is 0 Å². The number of hydrogen-bond donors (Lipinski definition) is 3. The maximum absolute atomic E-state index is 10.5. The van der Waals surface area contributed by atoms with E-state index >= 15 is 0 Å². The Labute approximate surface area is 103 Å². The van der Waals surface area contributed by atoms with E-state index in [1.54, 1.807) is 0 Å². The van der Waals surface area contributed by atoms with Crippen LogP contribution in [-0.4, -0.2) is 18.3 Å². The molecule has 1 heterocycles. The molecule has 2 rings (SSSR count). The molecule has 3 heteroatoms. The van der Waals surface area contributed by atoms with Crippen molar-refractivity contribution in [3.8, 4) is 0 Å². The molecule has 1 aliphatic heterocycles. The van der Waals surface area contributed by atoms with Crippen molar-refractivity contribution in [2.24, 2.45) is 5.92 Å². The highest BCUT2D eigenvalue weighted by molar-refractivity contribution is 5.39. The van der Waals surface area contributed by atoms with Crippen LogP contribution in [0.25, 0.3) is 0 Å². The molecule has 0 aromatic heterocycles. The number of rotatable bonds is 3. The molecule has 0 aromatic rings. The fourth-order valence-corrected chi connectivity index (χ4v) is 2.69. The van der Waals surface area contributed by atoms with E-state index in [1.807, 2.05) is 31.6 Å². The fraction of sp³-hybridized carbons (Fsp3) is 0.571. The van der Waals surface area contributed by atoms with Crippen LogP contribution in [0.15, 0.2) is 35.8 Å². The summed E-state index contributed by atoms with van der Waals surface area (Å²) < 4.78 is 0. The van der Waals surface area contributed by atoms with Crippen molar-refractivity contribution in [1.29, 1.82) is 0 Å². The Morgan fingerprint density at radius 3 is 2.88 bits per heavy atom. The van der Waals surface area contributed by atoms with Crippen molar-refractivity contribution in [3.05, 3.63) is 35.8 Å². The molecule has 0 saturated heterocycles. The van der Waals surface area contributed by atoms with Gasteiger partial charge in [-0.05, 0) is 24.8 Å². The zero-order valence-corrected chi connectivity index (χ0v) is 10.4. The van der Waals surface area contributed by atoms with E-state index in [0.717, 1.165) is 24.1 Å². The molecule has 17 heavy (non-hydrogen) atoms. The molecule has 3 nitrogen and oxygen atoms in total. The lowest BCUT2D eigenvalue weighted by atomic mass is 9.81. The molecule has 1 fully saturated rings. The van der Waals surface area contributed by atoms with Gasteiger partial charge in [-0.1, -0.05) is 25.3 Å². The molecule has 1 unspecified atom stereocenters.